The summed E-state index contributed by atoms with van der Waals surface area (Å²) in [5.74, 6) is -0.567. The van der Waals surface area contributed by atoms with Crippen LogP contribution in [0.15, 0.2) is 16.7 Å². The number of nitrogens with zero attached hydrogens (tertiary/aromatic N) is 2. The van der Waals surface area contributed by atoms with E-state index in [2.05, 4.69) is 26.2 Å². The zero-order valence-electron chi connectivity index (χ0n) is 10.9. The molecule has 1 heterocycles. The molecule has 19 heavy (non-hydrogen) atoms. The van der Waals surface area contributed by atoms with Crippen LogP contribution in [0.25, 0.3) is 0 Å². The van der Waals surface area contributed by atoms with Crippen LogP contribution in [-0.2, 0) is 4.79 Å². The summed E-state index contributed by atoms with van der Waals surface area (Å²) < 4.78 is 0.653. The Morgan fingerprint density at radius 3 is 2.74 bits per heavy atom. The van der Waals surface area contributed by atoms with Gasteiger partial charge in [-0.2, -0.15) is 0 Å². The number of amides is 2. The Bertz CT molecular complexity index is 494. The van der Waals surface area contributed by atoms with Crippen molar-refractivity contribution in [1.82, 2.24) is 15.2 Å². The van der Waals surface area contributed by atoms with Crippen molar-refractivity contribution in [3.63, 3.8) is 0 Å². The van der Waals surface area contributed by atoms with Gasteiger partial charge in [-0.15, -0.1) is 0 Å². The first-order chi connectivity index (χ1) is 8.81. The summed E-state index contributed by atoms with van der Waals surface area (Å²) in [6, 6.07) is 1.61. The normalized spacial score (nSPS) is 10.4. The van der Waals surface area contributed by atoms with E-state index in [9.17, 15) is 9.59 Å². The molecule has 0 bridgehead atoms. The molecule has 5 nitrogen and oxygen atoms in total. The van der Waals surface area contributed by atoms with Crippen LogP contribution in [0, 0.1) is 0 Å². The van der Waals surface area contributed by atoms with Gasteiger partial charge in [-0.3, -0.25) is 9.59 Å². The van der Waals surface area contributed by atoms with E-state index >= 15 is 0 Å². The number of aromatic nitrogens is 1. The van der Waals surface area contributed by atoms with Gasteiger partial charge in [-0.25, -0.2) is 4.98 Å². The zero-order chi connectivity index (χ0) is 14.6. The molecule has 0 unspecified atom stereocenters. The molecule has 0 saturated heterocycles. The summed E-state index contributed by atoms with van der Waals surface area (Å²) in [6.07, 6.45) is 1.50. The van der Waals surface area contributed by atoms with Crippen LogP contribution in [0.2, 0.25) is 5.15 Å². The monoisotopic (exact) mass is 347 g/mol. The third-order valence-corrected chi connectivity index (χ3v) is 2.95. The summed E-state index contributed by atoms with van der Waals surface area (Å²) in [7, 11) is 1.54. The van der Waals surface area contributed by atoms with Crippen molar-refractivity contribution in [3.05, 3.63) is 27.5 Å². The maximum absolute atomic E-state index is 12.1. The first kappa shape index (κ1) is 15.9. The second-order valence-electron chi connectivity index (χ2n) is 4.38. The Kier molecular flexibility index (Phi) is 5.75. The van der Waals surface area contributed by atoms with Crippen molar-refractivity contribution in [1.29, 1.82) is 0 Å². The van der Waals surface area contributed by atoms with Crippen LogP contribution in [0.3, 0.4) is 0 Å². The minimum absolute atomic E-state index is 0.0279. The topological polar surface area (TPSA) is 62.3 Å². The molecule has 1 aromatic rings. The molecule has 1 aromatic heterocycles. The van der Waals surface area contributed by atoms with Crippen molar-refractivity contribution in [2.75, 3.05) is 13.6 Å². The molecule has 0 saturated carbocycles. The number of pyridine rings is 1. The van der Waals surface area contributed by atoms with Gasteiger partial charge in [-0.1, -0.05) is 11.6 Å². The number of carbonyl (C=O) groups is 2. The maximum Gasteiger partial charge on any atom is 0.257 e. The van der Waals surface area contributed by atoms with Crippen LogP contribution in [0.5, 0.6) is 0 Å². The van der Waals surface area contributed by atoms with E-state index in [1.54, 1.807) is 13.1 Å². The summed E-state index contributed by atoms with van der Waals surface area (Å²) in [6.45, 7) is 3.68. The van der Waals surface area contributed by atoms with Gasteiger partial charge in [0.1, 0.15) is 5.15 Å². The Hall–Kier alpha value is -1.14. The van der Waals surface area contributed by atoms with Gasteiger partial charge in [-0.05, 0) is 35.8 Å². The van der Waals surface area contributed by atoms with Gasteiger partial charge < -0.3 is 10.2 Å². The molecule has 7 heteroatoms. The molecule has 0 spiro atoms. The highest BCUT2D eigenvalue weighted by Gasteiger charge is 2.18. The highest BCUT2D eigenvalue weighted by Crippen LogP contribution is 2.19. The Labute approximate surface area is 125 Å². The molecule has 1 N–H and O–H groups in total. The second-order valence-corrected chi connectivity index (χ2v) is 5.65. The molecular weight excluding hydrogens is 334 g/mol. The average molecular weight is 349 g/mol. The number of hydrogen-bond donors (Lipinski definition) is 1. The van der Waals surface area contributed by atoms with Crippen LogP contribution in [-0.4, -0.2) is 41.3 Å². The minimum atomic E-state index is -0.349. The molecule has 0 aromatic carbocycles. The number of rotatable bonds is 4. The van der Waals surface area contributed by atoms with E-state index in [-0.39, 0.29) is 35.1 Å². The van der Waals surface area contributed by atoms with E-state index in [1.165, 1.54) is 11.1 Å². The summed E-state index contributed by atoms with van der Waals surface area (Å²) in [4.78, 5) is 28.9. The molecule has 2 amide bonds. The fourth-order valence-corrected chi connectivity index (χ4v) is 1.95. The average Bonchev–Trinajstić information content (AvgIpc) is 2.30. The lowest BCUT2D eigenvalue weighted by molar-refractivity contribution is -0.122. The molecule has 1 rings (SSSR count). The number of nitrogens with one attached hydrogen (secondary N) is 1. The number of carbonyl (C=O) groups excluding carboxylic acids is 2. The predicted octanol–water partition coefficient (Wildman–Crippen LogP) is 2.09. The van der Waals surface area contributed by atoms with Crippen LogP contribution < -0.4 is 5.32 Å². The highest BCUT2D eigenvalue weighted by molar-refractivity contribution is 9.10. The number of likely N-dealkylation sites (N-methyl/N-ethyl adjacent to an activating group) is 1. The Morgan fingerprint density at radius 2 is 2.16 bits per heavy atom. The number of halogens is 2. The second kappa shape index (κ2) is 6.86. The third-order valence-electron chi connectivity index (χ3n) is 2.21. The standard InChI is InChI=1S/C12H15BrClN3O2/c1-7(2)16-10(18)6-17(3)12(19)9-4-8(13)5-15-11(9)14/h4-5,7H,6H2,1-3H3,(H,16,18). The predicted molar refractivity (Wildman–Crippen MR) is 77.2 cm³/mol. The largest absolute Gasteiger partial charge is 0.352 e. The van der Waals surface area contributed by atoms with Crippen molar-refractivity contribution in [3.8, 4) is 0 Å². The Balaban J connectivity index is 2.77. The van der Waals surface area contributed by atoms with Crippen LogP contribution in [0.4, 0.5) is 0 Å². The van der Waals surface area contributed by atoms with Crippen LogP contribution in [0.1, 0.15) is 24.2 Å². The van der Waals surface area contributed by atoms with Gasteiger partial charge in [0.25, 0.3) is 5.91 Å². The van der Waals surface area contributed by atoms with E-state index in [0.29, 0.717) is 4.47 Å². The summed E-state index contributed by atoms with van der Waals surface area (Å²) >= 11 is 9.10. The molecule has 0 aliphatic carbocycles. The van der Waals surface area contributed by atoms with Crippen LogP contribution >= 0.6 is 27.5 Å². The highest BCUT2D eigenvalue weighted by atomic mass is 79.9. The van der Waals surface area contributed by atoms with E-state index in [0.717, 1.165) is 0 Å². The molecule has 0 radical (unpaired) electrons. The lowest BCUT2D eigenvalue weighted by Crippen LogP contribution is -2.40. The van der Waals surface area contributed by atoms with Crippen molar-refractivity contribution in [2.45, 2.75) is 19.9 Å². The van der Waals surface area contributed by atoms with Crippen molar-refractivity contribution >= 4 is 39.3 Å². The first-order valence-electron chi connectivity index (χ1n) is 5.67. The van der Waals surface area contributed by atoms with Gasteiger partial charge in [0.15, 0.2) is 0 Å². The smallest absolute Gasteiger partial charge is 0.257 e. The van der Waals surface area contributed by atoms with Gasteiger partial charge in [0, 0.05) is 23.8 Å². The molecule has 0 aliphatic rings. The lowest BCUT2D eigenvalue weighted by Gasteiger charge is -2.18. The quantitative estimate of drug-likeness (QED) is 0.848. The van der Waals surface area contributed by atoms with E-state index in [1.807, 2.05) is 13.8 Å². The SMILES string of the molecule is CC(C)NC(=O)CN(C)C(=O)c1cc(Br)cnc1Cl. The minimum Gasteiger partial charge on any atom is -0.352 e. The molecule has 0 atom stereocenters. The summed E-state index contributed by atoms with van der Waals surface area (Å²) in [5.41, 5.74) is 0.260. The van der Waals surface area contributed by atoms with E-state index < -0.39 is 0 Å². The molecular formula is C12H15BrClN3O2. The van der Waals surface area contributed by atoms with Gasteiger partial charge in [0.2, 0.25) is 5.91 Å². The lowest BCUT2D eigenvalue weighted by atomic mass is 10.2. The van der Waals surface area contributed by atoms with Gasteiger partial charge >= 0.3 is 0 Å². The molecule has 104 valence electrons. The molecule has 0 fully saturated rings. The van der Waals surface area contributed by atoms with Crippen molar-refractivity contribution < 1.29 is 9.59 Å². The third kappa shape index (κ3) is 4.80. The molecule has 0 aliphatic heterocycles. The number of hydrogen-bond acceptors (Lipinski definition) is 3. The van der Waals surface area contributed by atoms with E-state index in [4.69, 9.17) is 11.6 Å². The van der Waals surface area contributed by atoms with Crippen molar-refractivity contribution in [2.24, 2.45) is 0 Å². The zero-order valence-corrected chi connectivity index (χ0v) is 13.2. The fourth-order valence-electron chi connectivity index (χ4n) is 1.43. The fraction of sp³-hybridized carbons (Fsp3) is 0.417. The van der Waals surface area contributed by atoms with Gasteiger partial charge in [0.05, 0.1) is 12.1 Å². The maximum atomic E-state index is 12.1. The first-order valence-corrected chi connectivity index (χ1v) is 6.84. The summed E-state index contributed by atoms with van der Waals surface area (Å²) in [5, 5.41) is 2.83. The Morgan fingerprint density at radius 1 is 1.53 bits per heavy atom.